The lowest BCUT2D eigenvalue weighted by Gasteiger charge is -2.08. The van der Waals surface area contributed by atoms with Crippen LogP contribution in [0.15, 0.2) is 42.2 Å². The first-order valence-electron chi connectivity index (χ1n) is 5.38. The molecule has 0 aromatic heterocycles. The van der Waals surface area contributed by atoms with Crippen LogP contribution in [0, 0.1) is 0 Å². The fourth-order valence-electron chi connectivity index (χ4n) is 1.14. The number of hydrogen-bond acceptors (Lipinski definition) is 5. The van der Waals surface area contributed by atoms with Gasteiger partial charge in [0.2, 0.25) is 0 Å². The molecular weight excluding hydrogens is 234 g/mol. The average Bonchev–Trinajstić information content (AvgIpc) is 2.37. The minimum Gasteiger partial charge on any atom is -0.463 e. The highest BCUT2D eigenvalue weighted by Gasteiger charge is 2.04. The van der Waals surface area contributed by atoms with E-state index in [0.717, 1.165) is 6.08 Å². The van der Waals surface area contributed by atoms with Gasteiger partial charge in [0, 0.05) is 5.56 Å². The summed E-state index contributed by atoms with van der Waals surface area (Å²) in [6.07, 6.45) is 1.05. The van der Waals surface area contributed by atoms with Gasteiger partial charge in [0.05, 0.1) is 12.7 Å². The van der Waals surface area contributed by atoms with Crippen LogP contribution < -0.4 is 16.6 Å². The molecule has 0 aliphatic carbocycles. The van der Waals surface area contributed by atoms with Gasteiger partial charge in [0.1, 0.15) is 5.82 Å². The number of carbonyl (C=O) groups is 2. The first kappa shape index (κ1) is 13.6. The van der Waals surface area contributed by atoms with E-state index >= 15 is 0 Å². The fraction of sp³-hybridized carbons (Fsp3) is 0.167. The van der Waals surface area contributed by atoms with E-state index in [1.807, 2.05) is 0 Å². The minimum atomic E-state index is -0.573. The van der Waals surface area contributed by atoms with Gasteiger partial charge in [0.15, 0.2) is 0 Å². The van der Waals surface area contributed by atoms with E-state index in [4.69, 9.17) is 5.73 Å². The van der Waals surface area contributed by atoms with Crippen LogP contribution in [0.5, 0.6) is 0 Å². The van der Waals surface area contributed by atoms with Gasteiger partial charge >= 0.3 is 5.97 Å². The molecule has 0 aliphatic heterocycles. The zero-order valence-electron chi connectivity index (χ0n) is 9.97. The molecule has 18 heavy (non-hydrogen) atoms. The number of esters is 1. The van der Waals surface area contributed by atoms with Crippen LogP contribution in [-0.2, 0) is 9.53 Å². The Balaban J connectivity index is 2.46. The lowest BCUT2D eigenvalue weighted by molar-refractivity contribution is -0.137. The van der Waals surface area contributed by atoms with Crippen molar-refractivity contribution in [2.75, 3.05) is 6.61 Å². The van der Waals surface area contributed by atoms with Gasteiger partial charge in [-0.1, -0.05) is 18.2 Å². The van der Waals surface area contributed by atoms with Crippen molar-refractivity contribution in [1.29, 1.82) is 0 Å². The molecule has 1 aromatic carbocycles. The summed E-state index contributed by atoms with van der Waals surface area (Å²) in [5, 5.41) is 0. The third-order valence-corrected chi connectivity index (χ3v) is 1.92. The molecule has 96 valence electrons. The van der Waals surface area contributed by atoms with Crippen molar-refractivity contribution in [3.05, 3.63) is 47.8 Å². The monoisotopic (exact) mass is 249 g/mol. The van der Waals surface area contributed by atoms with E-state index in [2.05, 4.69) is 15.6 Å². The molecule has 0 spiro atoms. The molecule has 0 saturated carbocycles. The van der Waals surface area contributed by atoms with Crippen molar-refractivity contribution in [3.8, 4) is 0 Å². The average molecular weight is 249 g/mol. The number of carbonyl (C=O) groups excluding carboxylic acids is 2. The van der Waals surface area contributed by atoms with E-state index in [1.165, 1.54) is 0 Å². The van der Waals surface area contributed by atoms with Crippen molar-refractivity contribution < 1.29 is 14.3 Å². The van der Waals surface area contributed by atoms with E-state index in [9.17, 15) is 9.59 Å². The van der Waals surface area contributed by atoms with Crippen molar-refractivity contribution in [1.82, 2.24) is 10.9 Å². The summed E-state index contributed by atoms with van der Waals surface area (Å²) >= 11 is 0. The second kappa shape index (κ2) is 6.95. The SMILES string of the molecule is CCOC(=O)/C=C(/N)NNC(=O)c1ccccc1. The molecule has 6 heteroatoms. The third-order valence-electron chi connectivity index (χ3n) is 1.92. The Morgan fingerprint density at radius 2 is 1.94 bits per heavy atom. The summed E-state index contributed by atoms with van der Waals surface area (Å²) in [6.45, 7) is 1.95. The summed E-state index contributed by atoms with van der Waals surface area (Å²) in [5.41, 5.74) is 10.7. The van der Waals surface area contributed by atoms with Crippen molar-refractivity contribution >= 4 is 11.9 Å². The number of nitrogens with one attached hydrogen (secondary N) is 2. The van der Waals surface area contributed by atoms with Gasteiger partial charge in [-0.2, -0.15) is 0 Å². The number of hydrazine groups is 1. The second-order valence-corrected chi connectivity index (χ2v) is 3.30. The number of amides is 1. The Bertz CT molecular complexity index is 443. The molecule has 6 nitrogen and oxygen atoms in total. The molecule has 1 amide bonds. The summed E-state index contributed by atoms with van der Waals surface area (Å²) in [5.74, 6) is -0.926. The molecule has 0 fully saturated rings. The topological polar surface area (TPSA) is 93.4 Å². The van der Waals surface area contributed by atoms with Crippen LogP contribution in [0.2, 0.25) is 0 Å². The minimum absolute atomic E-state index is 0.00210. The van der Waals surface area contributed by atoms with Crippen molar-refractivity contribution in [2.24, 2.45) is 5.73 Å². The largest absolute Gasteiger partial charge is 0.463 e. The van der Waals surface area contributed by atoms with Gasteiger partial charge in [-0.25, -0.2) is 4.79 Å². The molecular formula is C12H15N3O3. The fourth-order valence-corrected chi connectivity index (χ4v) is 1.14. The van der Waals surface area contributed by atoms with Gasteiger partial charge in [-0.15, -0.1) is 0 Å². The second-order valence-electron chi connectivity index (χ2n) is 3.30. The Hall–Kier alpha value is -2.50. The lowest BCUT2D eigenvalue weighted by atomic mass is 10.2. The number of rotatable bonds is 5. The molecule has 0 bridgehead atoms. The predicted molar refractivity (Wildman–Crippen MR) is 65.9 cm³/mol. The third kappa shape index (κ3) is 4.56. The Morgan fingerprint density at radius 1 is 1.28 bits per heavy atom. The summed E-state index contributed by atoms with van der Waals surface area (Å²) in [4.78, 5) is 22.6. The van der Waals surface area contributed by atoms with Gasteiger partial charge < -0.3 is 10.5 Å². The highest BCUT2D eigenvalue weighted by Crippen LogP contribution is 1.96. The van der Waals surface area contributed by atoms with E-state index in [0.29, 0.717) is 5.56 Å². The lowest BCUT2D eigenvalue weighted by Crippen LogP contribution is -2.39. The molecule has 1 rings (SSSR count). The molecule has 4 N–H and O–H groups in total. The van der Waals surface area contributed by atoms with Crippen molar-refractivity contribution in [3.63, 3.8) is 0 Å². The quantitative estimate of drug-likeness (QED) is 0.396. The molecule has 0 saturated heterocycles. The highest BCUT2D eigenvalue weighted by molar-refractivity contribution is 5.93. The van der Waals surface area contributed by atoms with E-state index < -0.39 is 5.97 Å². The Kier molecular flexibility index (Phi) is 5.24. The molecule has 0 heterocycles. The normalized spacial score (nSPS) is 10.6. The molecule has 0 unspecified atom stereocenters. The number of ether oxygens (including phenoxy) is 1. The molecule has 1 aromatic rings. The standard InChI is InChI=1S/C12H15N3O3/c1-2-18-11(16)8-10(13)14-15-12(17)9-6-4-3-5-7-9/h3-8,14H,2,13H2,1H3,(H,15,17)/b10-8-. The molecule has 0 atom stereocenters. The van der Waals surface area contributed by atoms with Crippen LogP contribution in [0.3, 0.4) is 0 Å². The molecule has 0 radical (unpaired) electrons. The summed E-state index contributed by atoms with van der Waals surface area (Å²) < 4.78 is 4.66. The first-order chi connectivity index (χ1) is 8.63. The first-order valence-corrected chi connectivity index (χ1v) is 5.38. The van der Waals surface area contributed by atoms with Crippen LogP contribution in [0.25, 0.3) is 0 Å². The zero-order chi connectivity index (χ0) is 13.4. The summed E-state index contributed by atoms with van der Waals surface area (Å²) in [6, 6.07) is 8.60. The van der Waals surface area contributed by atoms with Crippen LogP contribution in [0.4, 0.5) is 0 Å². The summed E-state index contributed by atoms with van der Waals surface area (Å²) in [7, 11) is 0. The number of benzene rings is 1. The Labute approximate surface area is 105 Å². The maximum Gasteiger partial charge on any atom is 0.334 e. The zero-order valence-corrected chi connectivity index (χ0v) is 9.97. The molecule has 0 aliphatic rings. The highest BCUT2D eigenvalue weighted by atomic mass is 16.5. The van der Waals surface area contributed by atoms with Crippen molar-refractivity contribution in [2.45, 2.75) is 6.92 Å². The van der Waals surface area contributed by atoms with E-state index in [1.54, 1.807) is 37.3 Å². The van der Waals surface area contributed by atoms with Crippen LogP contribution in [0.1, 0.15) is 17.3 Å². The van der Waals surface area contributed by atoms with Gasteiger partial charge in [-0.05, 0) is 19.1 Å². The predicted octanol–water partition coefficient (Wildman–Crippen LogP) is 0.284. The van der Waals surface area contributed by atoms with Gasteiger partial charge in [0.25, 0.3) is 5.91 Å². The Morgan fingerprint density at radius 3 is 2.56 bits per heavy atom. The number of hydrogen-bond donors (Lipinski definition) is 3. The van der Waals surface area contributed by atoms with Crippen LogP contribution in [-0.4, -0.2) is 18.5 Å². The maximum absolute atomic E-state index is 11.6. The smallest absolute Gasteiger partial charge is 0.334 e. The van der Waals surface area contributed by atoms with Gasteiger partial charge in [-0.3, -0.25) is 15.6 Å². The number of nitrogens with two attached hydrogens (primary N) is 1. The van der Waals surface area contributed by atoms with E-state index in [-0.39, 0.29) is 18.3 Å². The maximum atomic E-state index is 11.6. The van der Waals surface area contributed by atoms with Crippen LogP contribution >= 0.6 is 0 Å².